The van der Waals surface area contributed by atoms with Crippen molar-refractivity contribution < 1.29 is 15.0 Å². The lowest BCUT2D eigenvalue weighted by Gasteiger charge is -2.35. The van der Waals surface area contributed by atoms with Crippen LogP contribution in [0, 0.1) is 10.1 Å². The Bertz CT molecular complexity index is 184. The van der Waals surface area contributed by atoms with Crippen LogP contribution in [-0.2, 0) is 4.84 Å². The second-order valence-corrected chi connectivity index (χ2v) is 3.39. The molecule has 1 aliphatic carbocycles. The fourth-order valence-electron chi connectivity index (χ4n) is 1.56. The average molecular weight is 175 g/mol. The molecule has 0 radical (unpaired) electrons. The van der Waals surface area contributed by atoms with Gasteiger partial charge in [0.05, 0.1) is 6.10 Å². The second kappa shape index (κ2) is 3.26. The SMILES string of the molecule is CC1(O[N+](=O)[O-])CCCCC1O. The van der Waals surface area contributed by atoms with E-state index in [2.05, 4.69) is 4.84 Å². The Labute approximate surface area is 70.4 Å². The maximum atomic E-state index is 10.1. The molecule has 1 fully saturated rings. The molecule has 0 bridgehead atoms. The molecule has 0 saturated heterocycles. The lowest BCUT2D eigenvalue weighted by atomic mass is 9.84. The van der Waals surface area contributed by atoms with Crippen LogP contribution < -0.4 is 0 Å². The normalized spacial score (nSPS) is 36.0. The Balaban J connectivity index is 2.59. The molecule has 0 spiro atoms. The molecule has 1 aliphatic rings. The van der Waals surface area contributed by atoms with E-state index in [4.69, 9.17) is 0 Å². The molecule has 2 unspecified atom stereocenters. The summed E-state index contributed by atoms with van der Waals surface area (Å²) in [6.07, 6.45) is 2.22. The average Bonchev–Trinajstić information content (AvgIpc) is 1.94. The first kappa shape index (κ1) is 9.25. The molecular weight excluding hydrogens is 162 g/mol. The highest BCUT2D eigenvalue weighted by Gasteiger charge is 2.39. The second-order valence-electron chi connectivity index (χ2n) is 3.39. The van der Waals surface area contributed by atoms with Gasteiger partial charge in [0.25, 0.3) is 5.09 Å². The van der Waals surface area contributed by atoms with Crippen molar-refractivity contribution in [1.82, 2.24) is 0 Å². The molecule has 0 aromatic carbocycles. The summed E-state index contributed by atoms with van der Waals surface area (Å²) in [4.78, 5) is 14.6. The van der Waals surface area contributed by atoms with Crippen LogP contribution in [-0.4, -0.2) is 21.9 Å². The van der Waals surface area contributed by atoms with Crippen LogP contribution in [0.1, 0.15) is 32.6 Å². The van der Waals surface area contributed by atoms with Crippen LogP contribution in [0.25, 0.3) is 0 Å². The minimum atomic E-state index is -0.984. The third-order valence-electron chi connectivity index (χ3n) is 2.39. The molecule has 5 heteroatoms. The maximum absolute atomic E-state index is 10.1. The summed E-state index contributed by atoms with van der Waals surface area (Å²) < 4.78 is 0. The van der Waals surface area contributed by atoms with Gasteiger partial charge < -0.3 is 9.94 Å². The van der Waals surface area contributed by atoms with Crippen LogP contribution in [0.3, 0.4) is 0 Å². The van der Waals surface area contributed by atoms with Crippen molar-refractivity contribution in [2.24, 2.45) is 0 Å². The molecule has 0 aromatic rings. The summed E-state index contributed by atoms with van der Waals surface area (Å²) in [6, 6.07) is 0. The van der Waals surface area contributed by atoms with Crippen LogP contribution >= 0.6 is 0 Å². The topological polar surface area (TPSA) is 72.6 Å². The third kappa shape index (κ3) is 1.85. The van der Waals surface area contributed by atoms with E-state index in [1.54, 1.807) is 6.92 Å². The third-order valence-corrected chi connectivity index (χ3v) is 2.39. The summed E-state index contributed by atoms with van der Waals surface area (Å²) in [7, 11) is 0. The zero-order valence-corrected chi connectivity index (χ0v) is 7.02. The van der Waals surface area contributed by atoms with Crippen molar-refractivity contribution in [3.05, 3.63) is 10.1 Å². The molecule has 0 aliphatic heterocycles. The number of hydrogen-bond donors (Lipinski definition) is 1. The van der Waals surface area contributed by atoms with Gasteiger partial charge in [0.2, 0.25) is 0 Å². The zero-order valence-electron chi connectivity index (χ0n) is 7.02. The van der Waals surface area contributed by atoms with Crippen LogP contribution in [0.15, 0.2) is 0 Å². The number of aliphatic hydroxyl groups is 1. The fourth-order valence-corrected chi connectivity index (χ4v) is 1.56. The summed E-state index contributed by atoms with van der Waals surface area (Å²) in [5.41, 5.74) is -0.984. The first-order chi connectivity index (χ1) is 5.54. The Morgan fingerprint density at radius 3 is 2.83 bits per heavy atom. The largest absolute Gasteiger partial charge is 0.391 e. The Kier molecular flexibility index (Phi) is 2.52. The zero-order chi connectivity index (χ0) is 9.19. The highest BCUT2D eigenvalue weighted by atomic mass is 17.0. The molecule has 12 heavy (non-hydrogen) atoms. The summed E-state index contributed by atoms with van der Waals surface area (Å²) in [5.74, 6) is 0. The molecule has 5 nitrogen and oxygen atoms in total. The minimum Gasteiger partial charge on any atom is -0.391 e. The number of hydrogen-bond acceptors (Lipinski definition) is 4. The predicted molar refractivity (Wildman–Crippen MR) is 41.0 cm³/mol. The van der Waals surface area contributed by atoms with Crippen LogP contribution in [0.5, 0.6) is 0 Å². The number of aliphatic hydroxyl groups excluding tert-OH is 1. The van der Waals surface area contributed by atoms with Gasteiger partial charge in [-0.1, -0.05) is 12.8 Å². The van der Waals surface area contributed by atoms with E-state index < -0.39 is 16.8 Å². The Morgan fingerprint density at radius 2 is 2.33 bits per heavy atom. The van der Waals surface area contributed by atoms with E-state index in [1.165, 1.54) is 0 Å². The van der Waals surface area contributed by atoms with Crippen molar-refractivity contribution in [3.63, 3.8) is 0 Å². The molecule has 70 valence electrons. The van der Waals surface area contributed by atoms with E-state index in [0.717, 1.165) is 12.8 Å². The van der Waals surface area contributed by atoms with Crippen molar-refractivity contribution in [1.29, 1.82) is 0 Å². The van der Waals surface area contributed by atoms with E-state index >= 15 is 0 Å². The van der Waals surface area contributed by atoms with Crippen molar-refractivity contribution >= 4 is 0 Å². The van der Waals surface area contributed by atoms with Gasteiger partial charge in [0.15, 0.2) is 0 Å². The maximum Gasteiger partial charge on any atom is 0.295 e. The van der Waals surface area contributed by atoms with Gasteiger partial charge in [-0.15, -0.1) is 10.1 Å². The van der Waals surface area contributed by atoms with Gasteiger partial charge >= 0.3 is 0 Å². The highest BCUT2D eigenvalue weighted by molar-refractivity contribution is 4.86. The lowest BCUT2D eigenvalue weighted by Crippen LogP contribution is -2.45. The first-order valence-electron chi connectivity index (χ1n) is 4.06. The summed E-state index contributed by atoms with van der Waals surface area (Å²) in [5, 5.41) is 18.7. The first-order valence-corrected chi connectivity index (χ1v) is 4.06. The van der Waals surface area contributed by atoms with Gasteiger partial charge in [-0.2, -0.15) is 0 Å². The molecule has 0 amide bonds. The van der Waals surface area contributed by atoms with Crippen LogP contribution in [0.4, 0.5) is 0 Å². The highest BCUT2D eigenvalue weighted by Crippen LogP contribution is 2.31. The Morgan fingerprint density at radius 1 is 1.67 bits per heavy atom. The van der Waals surface area contributed by atoms with Gasteiger partial charge in [0, 0.05) is 0 Å². The monoisotopic (exact) mass is 175 g/mol. The number of rotatable bonds is 2. The number of nitrogens with zero attached hydrogens (tertiary/aromatic N) is 1. The predicted octanol–water partition coefficient (Wildman–Crippen LogP) is 0.888. The molecular formula is C7H13NO4. The van der Waals surface area contributed by atoms with Crippen molar-refractivity contribution in [2.45, 2.75) is 44.3 Å². The van der Waals surface area contributed by atoms with Gasteiger partial charge in [0.1, 0.15) is 5.60 Å². The van der Waals surface area contributed by atoms with Gasteiger partial charge in [-0.25, -0.2) is 0 Å². The summed E-state index contributed by atoms with van der Waals surface area (Å²) >= 11 is 0. The standard InChI is InChI=1S/C7H13NO4/c1-7(12-8(10)11)5-3-2-4-6(7)9/h6,9H,2-5H2,1H3. The van der Waals surface area contributed by atoms with Gasteiger partial charge in [-0.05, 0) is 19.8 Å². The fraction of sp³-hybridized carbons (Fsp3) is 1.00. The van der Waals surface area contributed by atoms with E-state index in [9.17, 15) is 15.2 Å². The molecule has 1 N–H and O–H groups in total. The molecule has 0 aromatic heterocycles. The molecule has 2 atom stereocenters. The lowest BCUT2D eigenvalue weighted by molar-refractivity contribution is -0.783. The van der Waals surface area contributed by atoms with Crippen LogP contribution in [0.2, 0.25) is 0 Å². The van der Waals surface area contributed by atoms with E-state index in [0.29, 0.717) is 12.8 Å². The van der Waals surface area contributed by atoms with Crippen molar-refractivity contribution in [2.75, 3.05) is 0 Å². The quantitative estimate of drug-likeness (QED) is 0.499. The molecule has 0 heterocycles. The summed E-state index contributed by atoms with van der Waals surface area (Å²) in [6.45, 7) is 1.58. The van der Waals surface area contributed by atoms with Crippen molar-refractivity contribution in [3.8, 4) is 0 Å². The molecule has 1 saturated carbocycles. The minimum absolute atomic E-state index is 0.551. The van der Waals surface area contributed by atoms with Gasteiger partial charge in [-0.3, -0.25) is 0 Å². The molecule has 1 rings (SSSR count). The van der Waals surface area contributed by atoms with E-state index in [1.807, 2.05) is 0 Å². The smallest absolute Gasteiger partial charge is 0.295 e. The van der Waals surface area contributed by atoms with E-state index in [-0.39, 0.29) is 0 Å². The Hall–Kier alpha value is -0.840.